The summed E-state index contributed by atoms with van der Waals surface area (Å²) >= 11 is 3.38. The van der Waals surface area contributed by atoms with E-state index >= 15 is 0 Å². The Balaban J connectivity index is 2.22. The van der Waals surface area contributed by atoms with Gasteiger partial charge in [0, 0.05) is 24.0 Å². The molecule has 1 atom stereocenters. The molecule has 0 bridgehead atoms. The van der Waals surface area contributed by atoms with Gasteiger partial charge in [0.15, 0.2) is 0 Å². The van der Waals surface area contributed by atoms with Gasteiger partial charge in [0.05, 0.1) is 0 Å². The Morgan fingerprint density at radius 2 is 2.24 bits per heavy atom. The molecule has 1 aliphatic heterocycles. The molecule has 1 saturated heterocycles. The van der Waals surface area contributed by atoms with Gasteiger partial charge < -0.3 is 14.9 Å². The first-order valence-corrected chi connectivity index (χ1v) is 6.56. The average molecular weight is 298 g/mol. The highest BCUT2D eigenvalue weighted by atomic mass is 79.9. The van der Waals surface area contributed by atoms with E-state index in [0.717, 1.165) is 11.0 Å². The Bertz CT molecular complexity index is 427. The van der Waals surface area contributed by atoms with Crippen molar-refractivity contribution in [3.8, 4) is 0 Å². The normalized spacial score (nSPS) is 19.8. The van der Waals surface area contributed by atoms with Crippen molar-refractivity contribution >= 4 is 40.1 Å². The van der Waals surface area contributed by atoms with Crippen molar-refractivity contribution in [1.82, 2.24) is 0 Å². The fourth-order valence-electron chi connectivity index (χ4n) is 1.99. The van der Waals surface area contributed by atoms with Crippen molar-refractivity contribution in [3.63, 3.8) is 0 Å². The standard InChI is InChI=1S/C11H13BBrNO3/c13-6-8-4-11(15)14(7-8)10-3-1-2-9(5-10)12(16)17/h1-3,5,8,16-17H,4,6-7H2. The first-order valence-electron chi connectivity index (χ1n) is 5.44. The van der Waals surface area contributed by atoms with Crippen LogP contribution in [0.2, 0.25) is 0 Å². The van der Waals surface area contributed by atoms with Gasteiger partial charge in [-0.05, 0) is 23.5 Å². The molecule has 1 heterocycles. The van der Waals surface area contributed by atoms with Crippen LogP contribution in [0.5, 0.6) is 0 Å². The Hall–Kier alpha value is -0.845. The lowest BCUT2D eigenvalue weighted by atomic mass is 9.80. The maximum atomic E-state index is 11.8. The number of nitrogens with zero attached hydrogens (tertiary/aromatic N) is 1. The van der Waals surface area contributed by atoms with Gasteiger partial charge in [0.2, 0.25) is 5.91 Å². The zero-order valence-electron chi connectivity index (χ0n) is 9.21. The average Bonchev–Trinajstić information content (AvgIpc) is 2.71. The van der Waals surface area contributed by atoms with Gasteiger partial charge in [-0.25, -0.2) is 0 Å². The van der Waals surface area contributed by atoms with E-state index < -0.39 is 7.12 Å². The molecule has 1 aromatic carbocycles. The van der Waals surface area contributed by atoms with E-state index in [1.165, 1.54) is 0 Å². The molecule has 6 heteroatoms. The fourth-order valence-corrected chi connectivity index (χ4v) is 2.42. The minimum atomic E-state index is -1.50. The molecule has 0 spiro atoms. The van der Waals surface area contributed by atoms with Crippen LogP contribution in [-0.2, 0) is 4.79 Å². The lowest BCUT2D eigenvalue weighted by molar-refractivity contribution is -0.117. The van der Waals surface area contributed by atoms with Crippen molar-refractivity contribution in [1.29, 1.82) is 0 Å². The number of hydrogen-bond acceptors (Lipinski definition) is 3. The summed E-state index contributed by atoms with van der Waals surface area (Å²) in [6.45, 7) is 0.676. The number of rotatable bonds is 3. The molecule has 0 radical (unpaired) electrons. The van der Waals surface area contributed by atoms with Crippen molar-refractivity contribution < 1.29 is 14.8 Å². The second-order valence-electron chi connectivity index (χ2n) is 4.20. The maximum Gasteiger partial charge on any atom is 0.488 e. The molecule has 4 nitrogen and oxygen atoms in total. The lowest BCUT2D eigenvalue weighted by Gasteiger charge is -2.17. The van der Waals surface area contributed by atoms with Gasteiger partial charge in [-0.3, -0.25) is 4.79 Å². The fraction of sp³-hybridized carbons (Fsp3) is 0.364. The van der Waals surface area contributed by atoms with Gasteiger partial charge in [0.25, 0.3) is 0 Å². The topological polar surface area (TPSA) is 60.8 Å². The van der Waals surface area contributed by atoms with Gasteiger partial charge in [-0.2, -0.15) is 0 Å². The van der Waals surface area contributed by atoms with Crippen LogP contribution in [0.25, 0.3) is 0 Å². The van der Waals surface area contributed by atoms with Crippen molar-refractivity contribution in [2.75, 3.05) is 16.8 Å². The highest BCUT2D eigenvalue weighted by Gasteiger charge is 2.30. The predicted octanol–water partition coefficient (Wildman–Crippen LogP) is 0.114. The van der Waals surface area contributed by atoms with Crippen LogP contribution in [0.3, 0.4) is 0 Å². The number of halogens is 1. The Labute approximate surface area is 109 Å². The number of alkyl halides is 1. The molecule has 0 saturated carbocycles. The molecular formula is C11H13BBrNO3. The van der Waals surface area contributed by atoms with E-state index in [4.69, 9.17) is 10.0 Å². The first-order chi connectivity index (χ1) is 8.11. The summed E-state index contributed by atoms with van der Waals surface area (Å²) < 4.78 is 0. The Kier molecular flexibility index (Phi) is 3.86. The van der Waals surface area contributed by atoms with E-state index in [9.17, 15) is 4.79 Å². The van der Waals surface area contributed by atoms with Gasteiger partial charge in [0.1, 0.15) is 0 Å². The number of carbonyl (C=O) groups is 1. The zero-order valence-corrected chi connectivity index (χ0v) is 10.8. The monoisotopic (exact) mass is 297 g/mol. The highest BCUT2D eigenvalue weighted by molar-refractivity contribution is 9.09. The van der Waals surface area contributed by atoms with Crippen molar-refractivity contribution in [2.24, 2.45) is 5.92 Å². The molecule has 90 valence electrons. The summed E-state index contributed by atoms with van der Waals surface area (Å²) in [6.07, 6.45) is 0.539. The third kappa shape index (κ3) is 2.70. The molecular weight excluding hydrogens is 285 g/mol. The first kappa shape index (κ1) is 12.6. The summed E-state index contributed by atoms with van der Waals surface area (Å²) in [6, 6.07) is 6.79. The van der Waals surface area contributed by atoms with Crippen LogP contribution < -0.4 is 10.4 Å². The largest absolute Gasteiger partial charge is 0.488 e. The second-order valence-corrected chi connectivity index (χ2v) is 4.84. The quantitative estimate of drug-likeness (QED) is 0.615. The van der Waals surface area contributed by atoms with Crippen molar-refractivity contribution in [2.45, 2.75) is 6.42 Å². The summed E-state index contributed by atoms with van der Waals surface area (Å²) in [5.74, 6) is 0.407. The van der Waals surface area contributed by atoms with Crippen LogP contribution in [0, 0.1) is 5.92 Å². The number of hydrogen-bond donors (Lipinski definition) is 2. The number of anilines is 1. The Morgan fingerprint density at radius 3 is 2.82 bits per heavy atom. The molecule has 0 aromatic heterocycles. The predicted molar refractivity (Wildman–Crippen MR) is 70.5 cm³/mol. The third-order valence-electron chi connectivity index (χ3n) is 2.90. The van der Waals surface area contributed by atoms with Gasteiger partial charge in [-0.1, -0.05) is 28.1 Å². The summed E-state index contributed by atoms with van der Waals surface area (Å²) in [5, 5.41) is 19.0. The molecule has 17 heavy (non-hydrogen) atoms. The van der Waals surface area contributed by atoms with Gasteiger partial charge in [-0.15, -0.1) is 0 Å². The molecule has 1 amide bonds. The Morgan fingerprint density at radius 1 is 1.47 bits per heavy atom. The SMILES string of the molecule is O=C1CC(CBr)CN1c1cccc(B(O)O)c1. The van der Waals surface area contributed by atoms with E-state index in [2.05, 4.69) is 15.9 Å². The minimum Gasteiger partial charge on any atom is -0.423 e. The van der Waals surface area contributed by atoms with E-state index in [-0.39, 0.29) is 5.91 Å². The van der Waals surface area contributed by atoms with Crippen LogP contribution in [-0.4, -0.2) is 34.9 Å². The molecule has 1 aromatic rings. The van der Waals surface area contributed by atoms with Crippen molar-refractivity contribution in [3.05, 3.63) is 24.3 Å². The van der Waals surface area contributed by atoms with Crippen LogP contribution in [0.4, 0.5) is 5.69 Å². The number of amides is 1. The third-order valence-corrected chi connectivity index (χ3v) is 3.82. The lowest BCUT2D eigenvalue weighted by Crippen LogP contribution is -2.32. The van der Waals surface area contributed by atoms with E-state index in [0.29, 0.717) is 24.3 Å². The molecule has 0 aliphatic carbocycles. The summed E-state index contributed by atoms with van der Waals surface area (Å²) in [4.78, 5) is 13.5. The van der Waals surface area contributed by atoms with E-state index in [1.54, 1.807) is 29.2 Å². The highest BCUT2D eigenvalue weighted by Crippen LogP contribution is 2.25. The van der Waals surface area contributed by atoms with Crippen LogP contribution in [0.15, 0.2) is 24.3 Å². The van der Waals surface area contributed by atoms with Crippen LogP contribution >= 0.6 is 15.9 Å². The molecule has 1 fully saturated rings. The summed E-state index contributed by atoms with van der Waals surface area (Å²) in [7, 11) is -1.50. The summed E-state index contributed by atoms with van der Waals surface area (Å²) in [5.41, 5.74) is 1.13. The molecule has 1 unspecified atom stereocenters. The van der Waals surface area contributed by atoms with Gasteiger partial charge >= 0.3 is 7.12 Å². The molecule has 2 N–H and O–H groups in total. The minimum absolute atomic E-state index is 0.0824. The maximum absolute atomic E-state index is 11.8. The molecule has 1 aliphatic rings. The van der Waals surface area contributed by atoms with Crippen LogP contribution in [0.1, 0.15) is 6.42 Å². The van der Waals surface area contributed by atoms with E-state index in [1.807, 2.05) is 0 Å². The number of benzene rings is 1. The number of carbonyl (C=O) groups excluding carboxylic acids is 1. The molecule has 2 rings (SSSR count). The smallest absolute Gasteiger partial charge is 0.423 e. The second kappa shape index (κ2) is 5.20. The zero-order chi connectivity index (χ0) is 12.4.